The Kier molecular flexibility index (Phi) is 2.85. The largest absolute Gasteiger partial charge is 0.375 e. The van der Waals surface area contributed by atoms with E-state index in [0.717, 1.165) is 12.8 Å². The van der Waals surface area contributed by atoms with Crippen LogP contribution >= 0.6 is 0 Å². The van der Waals surface area contributed by atoms with Gasteiger partial charge in [0.2, 0.25) is 0 Å². The van der Waals surface area contributed by atoms with Gasteiger partial charge in [-0.3, -0.25) is 0 Å². The third kappa shape index (κ3) is 2.48. The molecule has 0 heterocycles. The molecular formula is C12H23NO. The van der Waals surface area contributed by atoms with Gasteiger partial charge in [-0.1, -0.05) is 13.8 Å². The molecule has 0 radical (unpaired) electrons. The molecular weight excluding hydrogens is 174 g/mol. The van der Waals surface area contributed by atoms with Gasteiger partial charge in [0.1, 0.15) is 0 Å². The first-order valence-corrected chi connectivity index (χ1v) is 5.96. The summed E-state index contributed by atoms with van der Waals surface area (Å²) in [5.41, 5.74) is 6.29. The molecule has 0 aromatic carbocycles. The van der Waals surface area contributed by atoms with Gasteiger partial charge < -0.3 is 10.5 Å². The molecule has 14 heavy (non-hydrogen) atoms. The van der Waals surface area contributed by atoms with E-state index in [2.05, 4.69) is 13.8 Å². The Morgan fingerprint density at radius 3 is 2.14 bits per heavy atom. The van der Waals surface area contributed by atoms with Crippen LogP contribution in [0.3, 0.4) is 0 Å². The first-order chi connectivity index (χ1) is 6.55. The molecule has 82 valence electrons. The van der Waals surface area contributed by atoms with E-state index in [1.54, 1.807) is 0 Å². The fraction of sp³-hybridized carbons (Fsp3) is 1.00. The Balaban J connectivity index is 1.69. The van der Waals surface area contributed by atoms with Crippen molar-refractivity contribution < 1.29 is 4.74 Å². The van der Waals surface area contributed by atoms with E-state index in [9.17, 15) is 0 Å². The summed E-state index contributed by atoms with van der Waals surface area (Å²) in [6.07, 6.45) is 8.31. The smallest absolute Gasteiger partial charge is 0.0608 e. The first-order valence-electron chi connectivity index (χ1n) is 5.96. The van der Waals surface area contributed by atoms with Gasteiger partial charge in [0.05, 0.1) is 12.2 Å². The van der Waals surface area contributed by atoms with E-state index in [4.69, 9.17) is 10.5 Å². The van der Waals surface area contributed by atoms with Gasteiger partial charge in [-0.05, 0) is 43.9 Å². The van der Waals surface area contributed by atoms with E-state index in [1.165, 1.54) is 25.7 Å². The predicted octanol–water partition coefficient (Wildman–Crippen LogP) is 2.46. The summed E-state index contributed by atoms with van der Waals surface area (Å²) in [4.78, 5) is 0. The highest BCUT2D eigenvalue weighted by Gasteiger charge is 2.32. The molecule has 2 aliphatic carbocycles. The second-order valence-corrected chi connectivity index (χ2v) is 5.85. The van der Waals surface area contributed by atoms with Crippen molar-refractivity contribution in [1.82, 2.24) is 0 Å². The summed E-state index contributed by atoms with van der Waals surface area (Å²) in [5, 5.41) is 0. The van der Waals surface area contributed by atoms with Crippen molar-refractivity contribution in [2.24, 2.45) is 11.1 Å². The molecule has 0 spiro atoms. The lowest BCUT2D eigenvalue weighted by atomic mass is 9.76. The molecule has 0 aromatic rings. The van der Waals surface area contributed by atoms with E-state index >= 15 is 0 Å². The summed E-state index contributed by atoms with van der Waals surface area (Å²) in [5.74, 6) is 0. The lowest BCUT2D eigenvalue weighted by Crippen LogP contribution is -2.44. The van der Waals surface area contributed by atoms with Crippen molar-refractivity contribution in [1.29, 1.82) is 0 Å². The zero-order chi connectivity index (χ0) is 10.2. The van der Waals surface area contributed by atoms with Gasteiger partial charge in [-0.2, -0.15) is 0 Å². The molecule has 0 unspecified atom stereocenters. The predicted molar refractivity (Wildman–Crippen MR) is 58.1 cm³/mol. The molecule has 0 aliphatic heterocycles. The van der Waals surface area contributed by atoms with E-state index in [1.807, 2.05) is 0 Å². The number of nitrogens with two attached hydrogens (primary N) is 1. The summed E-state index contributed by atoms with van der Waals surface area (Å²) < 4.78 is 6.01. The van der Waals surface area contributed by atoms with E-state index in [0.29, 0.717) is 23.7 Å². The van der Waals surface area contributed by atoms with Crippen LogP contribution in [-0.4, -0.2) is 18.2 Å². The van der Waals surface area contributed by atoms with Gasteiger partial charge in [0, 0.05) is 6.04 Å². The summed E-state index contributed by atoms with van der Waals surface area (Å²) in [6.45, 7) is 4.73. The Morgan fingerprint density at radius 2 is 1.64 bits per heavy atom. The van der Waals surface area contributed by atoms with Crippen LogP contribution < -0.4 is 5.73 Å². The van der Waals surface area contributed by atoms with Crippen molar-refractivity contribution in [3.8, 4) is 0 Å². The molecule has 2 nitrogen and oxygen atoms in total. The highest BCUT2D eigenvalue weighted by molar-refractivity contribution is 4.86. The molecule has 0 aromatic heterocycles. The zero-order valence-corrected chi connectivity index (χ0v) is 9.46. The zero-order valence-electron chi connectivity index (χ0n) is 9.46. The minimum Gasteiger partial charge on any atom is -0.375 e. The van der Waals surface area contributed by atoms with Crippen LogP contribution in [0, 0.1) is 5.41 Å². The van der Waals surface area contributed by atoms with E-state index in [-0.39, 0.29) is 0 Å². The third-order valence-corrected chi connectivity index (χ3v) is 3.80. The van der Waals surface area contributed by atoms with Crippen LogP contribution in [0.25, 0.3) is 0 Å². The van der Waals surface area contributed by atoms with Gasteiger partial charge >= 0.3 is 0 Å². The molecule has 2 heteroatoms. The van der Waals surface area contributed by atoms with E-state index < -0.39 is 0 Å². The van der Waals surface area contributed by atoms with Crippen LogP contribution in [0.15, 0.2) is 0 Å². The maximum Gasteiger partial charge on any atom is 0.0608 e. The van der Waals surface area contributed by atoms with Crippen LogP contribution in [0.2, 0.25) is 0 Å². The number of ether oxygens (including phenoxy) is 1. The third-order valence-electron chi connectivity index (χ3n) is 3.80. The van der Waals surface area contributed by atoms with Crippen molar-refractivity contribution in [2.45, 2.75) is 70.6 Å². The molecule has 0 bridgehead atoms. The summed E-state index contributed by atoms with van der Waals surface area (Å²) >= 11 is 0. The number of hydrogen-bond acceptors (Lipinski definition) is 2. The maximum absolute atomic E-state index is 6.01. The van der Waals surface area contributed by atoms with Crippen molar-refractivity contribution >= 4 is 0 Å². The summed E-state index contributed by atoms with van der Waals surface area (Å²) in [6, 6.07) is 0.417. The van der Waals surface area contributed by atoms with Gasteiger partial charge in [0.25, 0.3) is 0 Å². The van der Waals surface area contributed by atoms with Crippen molar-refractivity contribution in [3.05, 3.63) is 0 Å². The first kappa shape index (κ1) is 10.4. The highest BCUT2D eigenvalue weighted by atomic mass is 16.5. The topological polar surface area (TPSA) is 35.2 Å². The molecule has 2 rings (SSSR count). The molecule has 2 fully saturated rings. The molecule has 0 saturated heterocycles. The Hall–Kier alpha value is -0.0800. The second-order valence-electron chi connectivity index (χ2n) is 5.85. The molecule has 2 aliphatic rings. The molecule has 2 saturated carbocycles. The second kappa shape index (κ2) is 3.82. The van der Waals surface area contributed by atoms with Crippen molar-refractivity contribution in [3.63, 3.8) is 0 Å². The maximum atomic E-state index is 6.01. The summed E-state index contributed by atoms with van der Waals surface area (Å²) in [7, 11) is 0. The molecule has 0 atom stereocenters. The molecule has 2 N–H and O–H groups in total. The van der Waals surface area contributed by atoms with Crippen LogP contribution in [-0.2, 0) is 4.74 Å². The Morgan fingerprint density at radius 1 is 1.07 bits per heavy atom. The Bertz CT molecular complexity index is 186. The Labute approximate surface area is 87.2 Å². The standard InChI is InChI=1S/C12H23NO/c1-12(2)5-3-10(4-6-12)14-11-7-9(13)8-11/h9-11H,3-8,13H2,1-2H3. The quantitative estimate of drug-likeness (QED) is 0.738. The van der Waals surface area contributed by atoms with Gasteiger partial charge in [-0.25, -0.2) is 0 Å². The van der Waals surface area contributed by atoms with Gasteiger partial charge in [-0.15, -0.1) is 0 Å². The highest BCUT2D eigenvalue weighted by Crippen LogP contribution is 2.37. The minimum atomic E-state index is 0.417. The SMILES string of the molecule is CC1(C)CCC(OC2CC(N)C2)CC1. The number of rotatable bonds is 2. The number of hydrogen-bond donors (Lipinski definition) is 1. The average molecular weight is 197 g/mol. The lowest BCUT2D eigenvalue weighted by Gasteiger charge is -2.39. The molecule has 0 amide bonds. The normalized spacial score (nSPS) is 37.9. The van der Waals surface area contributed by atoms with Crippen LogP contribution in [0.4, 0.5) is 0 Å². The minimum absolute atomic E-state index is 0.417. The lowest BCUT2D eigenvalue weighted by molar-refractivity contribution is -0.0819. The average Bonchev–Trinajstić information content (AvgIpc) is 2.06. The van der Waals surface area contributed by atoms with Crippen LogP contribution in [0.1, 0.15) is 52.4 Å². The van der Waals surface area contributed by atoms with Gasteiger partial charge in [0.15, 0.2) is 0 Å². The van der Waals surface area contributed by atoms with Crippen molar-refractivity contribution in [2.75, 3.05) is 0 Å². The fourth-order valence-corrected chi connectivity index (χ4v) is 2.50. The monoisotopic (exact) mass is 197 g/mol. The van der Waals surface area contributed by atoms with Crippen LogP contribution in [0.5, 0.6) is 0 Å². The fourth-order valence-electron chi connectivity index (χ4n) is 2.50.